The Morgan fingerprint density at radius 1 is 1.38 bits per heavy atom. The van der Waals surface area contributed by atoms with E-state index in [1.165, 1.54) is 6.92 Å². The van der Waals surface area contributed by atoms with Crippen LogP contribution in [0.3, 0.4) is 0 Å². The second-order valence-corrected chi connectivity index (χ2v) is 3.32. The molecule has 7 nitrogen and oxygen atoms in total. The van der Waals surface area contributed by atoms with E-state index in [4.69, 9.17) is 5.11 Å². The molecule has 0 aliphatic carbocycles. The molecule has 0 fully saturated rings. The van der Waals surface area contributed by atoms with E-state index in [1.54, 1.807) is 12.1 Å². The van der Waals surface area contributed by atoms with Gasteiger partial charge in [0.2, 0.25) is 0 Å². The maximum atomic E-state index is 11.4. The normalized spacial score (nSPS) is 12.6. The molecule has 2 aromatic heterocycles. The average Bonchev–Trinajstić information content (AvgIpc) is 2.18. The number of rotatable bonds is 2. The zero-order valence-electron chi connectivity index (χ0n) is 8.44. The number of pyridine rings is 1. The monoisotopic (exact) mass is 222 g/mol. The van der Waals surface area contributed by atoms with Crippen molar-refractivity contribution in [3.05, 3.63) is 33.0 Å². The highest BCUT2D eigenvalue weighted by molar-refractivity contribution is 5.74. The van der Waals surface area contributed by atoms with Gasteiger partial charge in [-0.1, -0.05) is 0 Å². The van der Waals surface area contributed by atoms with Crippen LogP contribution in [-0.4, -0.2) is 26.3 Å². The Morgan fingerprint density at radius 3 is 2.81 bits per heavy atom. The Hall–Kier alpha value is -2.15. The van der Waals surface area contributed by atoms with Gasteiger partial charge in [0.1, 0.15) is 12.0 Å². The SMILES string of the molecule is CC(O)Nc1ccc2[nH]c(=O)[nH]c(=O)c2n1. The van der Waals surface area contributed by atoms with E-state index in [0.717, 1.165) is 0 Å². The van der Waals surface area contributed by atoms with Crippen LogP contribution in [0.2, 0.25) is 0 Å². The third kappa shape index (κ3) is 1.94. The van der Waals surface area contributed by atoms with Gasteiger partial charge in [-0.25, -0.2) is 9.78 Å². The quantitative estimate of drug-likeness (QED) is 0.505. The first-order valence-corrected chi connectivity index (χ1v) is 4.64. The number of aromatic amines is 2. The molecular weight excluding hydrogens is 212 g/mol. The highest BCUT2D eigenvalue weighted by Crippen LogP contribution is 2.08. The summed E-state index contributed by atoms with van der Waals surface area (Å²) >= 11 is 0. The van der Waals surface area contributed by atoms with Gasteiger partial charge in [0.15, 0.2) is 5.52 Å². The van der Waals surface area contributed by atoms with Crippen molar-refractivity contribution < 1.29 is 5.11 Å². The fourth-order valence-corrected chi connectivity index (χ4v) is 1.34. The second kappa shape index (κ2) is 3.78. The number of aromatic nitrogens is 3. The molecule has 0 radical (unpaired) electrons. The third-order valence-electron chi connectivity index (χ3n) is 1.94. The third-order valence-corrected chi connectivity index (χ3v) is 1.94. The fraction of sp³-hybridized carbons (Fsp3) is 0.222. The van der Waals surface area contributed by atoms with E-state index in [-0.39, 0.29) is 5.52 Å². The Kier molecular flexibility index (Phi) is 2.45. The van der Waals surface area contributed by atoms with Gasteiger partial charge >= 0.3 is 5.69 Å². The number of aliphatic hydroxyl groups is 1. The molecular formula is C9H10N4O3. The van der Waals surface area contributed by atoms with Gasteiger partial charge in [0.05, 0.1) is 5.52 Å². The number of H-pyrrole nitrogens is 2. The first kappa shape index (κ1) is 10.4. The first-order chi connectivity index (χ1) is 7.56. The Labute approximate surface area is 89.2 Å². The van der Waals surface area contributed by atoms with Gasteiger partial charge in [-0.3, -0.25) is 9.78 Å². The molecule has 1 atom stereocenters. The van der Waals surface area contributed by atoms with Gasteiger partial charge in [-0.2, -0.15) is 0 Å². The molecule has 0 aliphatic rings. The fourth-order valence-electron chi connectivity index (χ4n) is 1.34. The highest BCUT2D eigenvalue weighted by atomic mass is 16.3. The smallest absolute Gasteiger partial charge is 0.326 e. The predicted octanol–water partition coefficient (Wildman–Crippen LogP) is -0.638. The minimum atomic E-state index is -0.771. The van der Waals surface area contributed by atoms with Gasteiger partial charge in [-0.15, -0.1) is 0 Å². The predicted molar refractivity (Wildman–Crippen MR) is 58.3 cm³/mol. The van der Waals surface area contributed by atoms with Crippen molar-refractivity contribution in [3.63, 3.8) is 0 Å². The van der Waals surface area contributed by atoms with Crippen molar-refractivity contribution in [3.8, 4) is 0 Å². The van der Waals surface area contributed by atoms with Crippen molar-refractivity contribution in [2.45, 2.75) is 13.2 Å². The lowest BCUT2D eigenvalue weighted by Gasteiger charge is -2.07. The number of fused-ring (bicyclic) bond motifs is 1. The molecule has 0 aliphatic heterocycles. The van der Waals surface area contributed by atoms with E-state index < -0.39 is 17.5 Å². The van der Waals surface area contributed by atoms with Crippen molar-refractivity contribution in [1.82, 2.24) is 15.0 Å². The molecule has 1 unspecified atom stereocenters. The number of hydrogen-bond acceptors (Lipinski definition) is 5. The van der Waals surface area contributed by atoms with E-state index in [9.17, 15) is 9.59 Å². The molecule has 0 bridgehead atoms. The van der Waals surface area contributed by atoms with Crippen molar-refractivity contribution in [2.75, 3.05) is 5.32 Å². The molecule has 0 amide bonds. The van der Waals surface area contributed by atoms with Gasteiger partial charge < -0.3 is 15.4 Å². The highest BCUT2D eigenvalue weighted by Gasteiger charge is 2.04. The number of hydrogen-bond donors (Lipinski definition) is 4. The standard InChI is InChI=1S/C9H10N4O3/c1-4(14)10-6-3-2-5-7(12-6)8(15)13-9(16)11-5/h2-4,14H,1H3,(H,10,12)(H2,11,13,15,16). The first-order valence-electron chi connectivity index (χ1n) is 4.64. The molecule has 0 saturated carbocycles. The Balaban J connectivity index is 2.62. The van der Waals surface area contributed by atoms with Crippen LogP contribution in [0.4, 0.5) is 5.82 Å². The summed E-state index contributed by atoms with van der Waals surface area (Å²) < 4.78 is 0. The van der Waals surface area contributed by atoms with Crippen LogP contribution >= 0.6 is 0 Å². The summed E-state index contributed by atoms with van der Waals surface area (Å²) in [5.74, 6) is 0.361. The topological polar surface area (TPSA) is 111 Å². The minimum Gasteiger partial charge on any atom is -0.374 e. The summed E-state index contributed by atoms with van der Waals surface area (Å²) in [5.41, 5.74) is -0.668. The zero-order chi connectivity index (χ0) is 11.7. The second-order valence-electron chi connectivity index (χ2n) is 3.32. The molecule has 7 heteroatoms. The van der Waals surface area contributed by atoms with Crippen LogP contribution in [0.15, 0.2) is 21.7 Å². The number of aliphatic hydroxyl groups excluding tert-OH is 1. The van der Waals surface area contributed by atoms with Crippen molar-refractivity contribution in [1.29, 1.82) is 0 Å². The summed E-state index contributed by atoms with van der Waals surface area (Å²) in [5, 5.41) is 11.7. The maximum Gasteiger partial charge on any atom is 0.326 e. The van der Waals surface area contributed by atoms with Crippen molar-refractivity contribution in [2.24, 2.45) is 0 Å². The summed E-state index contributed by atoms with van der Waals surface area (Å²) in [4.78, 5) is 30.9. The van der Waals surface area contributed by atoms with Crippen LogP contribution < -0.4 is 16.6 Å². The molecule has 0 saturated heterocycles. The van der Waals surface area contributed by atoms with Crippen LogP contribution in [0.5, 0.6) is 0 Å². The minimum absolute atomic E-state index is 0.116. The summed E-state index contributed by atoms with van der Waals surface area (Å²) in [6.45, 7) is 1.53. The Bertz CT molecular complexity index is 628. The maximum absolute atomic E-state index is 11.4. The van der Waals surface area contributed by atoms with E-state index >= 15 is 0 Å². The van der Waals surface area contributed by atoms with Crippen LogP contribution in [-0.2, 0) is 0 Å². The summed E-state index contributed by atoms with van der Waals surface area (Å²) in [6, 6.07) is 3.11. The average molecular weight is 222 g/mol. The number of anilines is 1. The Morgan fingerprint density at radius 2 is 2.12 bits per heavy atom. The lowest BCUT2D eigenvalue weighted by molar-refractivity contribution is 0.224. The molecule has 0 spiro atoms. The lowest BCUT2D eigenvalue weighted by Crippen LogP contribution is -2.23. The summed E-state index contributed by atoms with van der Waals surface area (Å²) in [6.07, 6.45) is -0.771. The lowest BCUT2D eigenvalue weighted by atomic mass is 10.3. The number of nitrogens with zero attached hydrogens (tertiary/aromatic N) is 1. The van der Waals surface area contributed by atoms with E-state index in [0.29, 0.717) is 11.3 Å². The van der Waals surface area contributed by atoms with Crippen molar-refractivity contribution >= 4 is 16.9 Å². The molecule has 2 heterocycles. The van der Waals surface area contributed by atoms with Gasteiger partial charge in [0.25, 0.3) is 5.56 Å². The zero-order valence-corrected chi connectivity index (χ0v) is 8.44. The molecule has 2 rings (SSSR count). The summed E-state index contributed by atoms with van der Waals surface area (Å²) in [7, 11) is 0. The molecule has 2 aromatic rings. The van der Waals surface area contributed by atoms with Gasteiger partial charge in [0, 0.05) is 0 Å². The number of nitrogens with one attached hydrogen (secondary N) is 3. The van der Waals surface area contributed by atoms with E-state index in [2.05, 4.69) is 20.3 Å². The van der Waals surface area contributed by atoms with E-state index in [1.807, 2.05) is 0 Å². The van der Waals surface area contributed by atoms with Gasteiger partial charge in [-0.05, 0) is 19.1 Å². The van der Waals surface area contributed by atoms with Crippen LogP contribution in [0.1, 0.15) is 6.92 Å². The van der Waals surface area contributed by atoms with Crippen LogP contribution in [0.25, 0.3) is 11.0 Å². The largest absolute Gasteiger partial charge is 0.374 e. The molecule has 4 N–H and O–H groups in total. The van der Waals surface area contributed by atoms with Crippen LogP contribution in [0, 0.1) is 0 Å². The molecule has 16 heavy (non-hydrogen) atoms. The molecule has 84 valence electrons. The molecule has 0 aromatic carbocycles.